The van der Waals surface area contributed by atoms with Crippen LogP contribution in [0.25, 0.3) is 0 Å². The van der Waals surface area contributed by atoms with Gasteiger partial charge >= 0.3 is 5.97 Å². The second kappa shape index (κ2) is 6.11. The zero-order valence-electron chi connectivity index (χ0n) is 9.82. The number of halogens is 1. The van der Waals surface area contributed by atoms with Crippen LogP contribution in [0.1, 0.15) is 10.4 Å². The predicted molar refractivity (Wildman–Crippen MR) is 64.5 cm³/mol. The lowest BCUT2D eigenvalue weighted by atomic mass is 10.2. The third-order valence-electron chi connectivity index (χ3n) is 2.10. The fourth-order valence-electron chi connectivity index (χ4n) is 1.19. The van der Waals surface area contributed by atoms with E-state index in [1.54, 1.807) is 0 Å². The standard InChI is InChI=1S/C11H12ClNO5/c1-13-9(14)5-18-10-7(12)3-6(11(15)16)4-8(10)17-2/h3-4H,5H2,1-2H3,(H,13,14)(H,15,16). The number of likely N-dealkylation sites (N-methyl/N-ethyl adjacent to an activating group) is 1. The average Bonchev–Trinajstić information content (AvgIpc) is 2.35. The van der Waals surface area contributed by atoms with E-state index in [2.05, 4.69) is 5.32 Å². The van der Waals surface area contributed by atoms with E-state index in [4.69, 9.17) is 26.2 Å². The summed E-state index contributed by atoms with van der Waals surface area (Å²) in [6.07, 6.45) is 0. The Labute approximate surface area is 108 Å². The molecule has 0 saturated heterocycles. The average molecular weight is 274 g/mol. The first-order valence-electron chi connectivity index (χ1n) is 4.93. The van der Waals surface area contributed by atoms with Gasteiger partial charge in [-0.25, -0.2) is 4.79 Å². The molecule has 0 unspecified atom stereocenters. The Kier molecular flexibility index (Phi) is 4.79. The zero-order valence-corrected chi connectivity index (χ0v) is 10.6. The number of carboxylic acids is 1. The molecular formula is C11H12ClNO5. The predicted octanol–water partition coefficient (Wildman–Crippen LogP) is 1.17. The summed E-state index contributed by atoms with van der Waals surface area (Å²) in [5.74, 6) is -1.18. The van der Waals surface area contributed by atoms with Gasteiger partial charge in [-0.15, -0.1) is 0 Å². The van der Waals surface area contributed by atoms with E-state index in [9.17, 15) is 9.59 Å². The molecule has 1 amide bonds. The van der Waals surface area contributed by atoms with Crippen LogP contribution in [0.15, 0.2) is 12.1 Å². The van der Waals surface area contributed by atoms with Crippen molar-refractivity contribution in [1.29, 1.82) is 0 Å². The van der Waals surface area contributed by atoms with Gasteiger partial charge < -0.3 is 19.9 Å². The quantitative estimate of drug-likeness (QED) is 0.841. The van der Waals surface area contributed by atoms with Crippen molar-refractivity contribution < 1.29 is 24.2 Å². The van der Waals surface area contributed by atoms with E-state index >= 15 is 0 Å². The summed E-state index contributed by atoms with van der Waals surface area (Å²) in [7, 11) is 2.82. The Morgan fingerprint density at radius 1 is 1.44 bits per heavy atom. The molecule has 0 aromatic heterocycles. The summed E-state index contributed by atoms with van der Waals surface area (Å²) < 4.78 is 10.2. The Hall–Kier alpha value is -1.95. The van der Waals surface area contributed by atoms with Gasteiger partial charge in [0, 0.05) is 7.05 Å². The molecule has 0 fully saturated rings. The maximum atomic E-state index is 11.1. The van der Waals surface area contributed by atoms with Crippen LogP contribution in [0.3, 0.4) is 0 Å². The zero-order chi connectivity index (χ0) is 13.7. The minimum atomic E-state index is -1.13. The smallest absolute Gasteiger partial charge is 0.335 e. The monoisotopic (exact) mass is 273 g/mol. The fraction of sp³-hybridized carbons (Fsp3) is 0.273. The van der Waals surface area contributed by atoms with Crippen molar-refractivity contribution >= 4 is 23.5 Å². The van der Waals surface area contributed by atoms with Gasteiger partial charge in [0.15, 0.2) is 18.1 Å². The molecule has 0 saturated carbocycles. The summed E-state index contributed by atoms with van der Waals surface area (Å²) in [5.41, 5.74) is -0.0239. The van der Waals surface area contributed by atoms with Crippen molar-refractivity contribution in [1.82, 2.24) is 5.32 Å². The summed E-state index contributed by atoms with van der Waals surface area (Å²) in [4.78, 5) is 21.9. The highest BCUT2D eigenvalue weighted by molar-refractivity contribution is 6.32. The molecule has 0 bridgehead atoms. The van der Waals surface area contributed by atoms with E-state index < -0.39 is 5.97 Å². The van der Waals surface area contributed by atoms with Gasteiger partial charge in [-0.1, -0.05) is 11.6 Å². The number of methoxy groups -OCH3 is 1. The first kappa shape index (κ1) is 14.1. The number of nitrogens with one attached hydrogen (secondary N) is 1. The Morgan fingerprint density at radius 2 is 2.11 bits per heavy atom. The summed E-state index contributed by atoms with van der Waals surface area (Å²) >= 11 is 5.88. The molecule has 7 heteroatoms. The molecule has 0 aliphatic heterocycles. The number of hydrogen-bond acceptors (Lipinski definition) is 4. The number of ether oxygens (including phenoxy) is 2. The van der Waals surface area contributed by atoms with Gasteiger partial charge in [0.1, 0.15) is 0 Å². The maximum absolute atomic E-state index is 11.1. The highest BCUT2D eigenvalue weighted by atomic mass is 35.5. The number of amides is 1. The van der Waals surface area contributed by atoms with Crippen LogP contribution in [0, 0.1) is 0 Å². The molecule has 0 radical (unpaired) electrons. The lowest BCUT2D eigenvalue weighted by Gasteiger charge is -2.12. The molecule has 0 spiro atoms. The Bertz CT molecular complexity index is 475. The molecule has 1 rings (SSSR count). The van der Waals surface area contributed by atoms with Crippen LogP contribution < -0.4 is 14.8 Å². The molecule has 0 aliphatic carbocycles. The lowest BCUT2D eigenvalue weighted by Crippen LogP contribution is -2.25. The van der Waals surface area contributed by atoms with Crippen molar-refractivity contribution in [2.45, 2.75) is 0 Å². The molecule has 0 atom stereocenters. The van der Waals surface area contributed by atoms with Crippen molar-refractivity contribution in [2.75, 3.05) is 20.8 Å². The van der Waals surface area contributed by atoms with E-state index in [1.807, 2.05) is 0 Å². The fourth-order valence-corrected chi connectivity index (χ4v) is 1.46. The molecule has 2 N–H and O–H groups in total. The minimum absolute atomic E-state index is 0.0239. The molecule has 0 aliphatic rings. The summed E-state index contributed by atoms with van der Waals surface area (Å²) in [5, 5.41) is 11.3. The van der Waals surface area contributed by atoms with Crippen LogP contribution >= 0.6 is 11.6 Å². The first-order chi connectivity index (χ1) is 8.49. The minimum Gasteiger partial charge on any atom is -0.493 e. The summed E-state index contributed by atoms with van der Waals surface area (Å²) in [6.45, 7) is -0.237. The van der Waals surface area contributed by atoms with Crippen LogP contribution in [-0.2, 0) is 4.79 Å². The van der Waals surface area contributed by atoms with Gasteiger partial charge in [-0.3, -0.25) is 4.79 Å². The Balaban J connectivity index is 3.03. The lowest BCUT2D eigenvalue weighted by molar-refractivity contribution is -0.122. The van der Waals surface area contributed by atoms with Crippen molar-refractivity contribution in [3.63, 3.8) is 0 Å². The van der Waals surface area contributed by atoms with E-state index in [0.717, 1.165) is 0 Å². The molecule has 98 valence electrons. The van der Waals surface area contributed by atoms with Gasteiger partial charge in [0.25, 0.3) is 5.91 Å². The largest absolute Gasteiger partial charge is 0.493 e. The second-order valence-electron chi connectivity index (χ2n) is 3.26. The third kappa shape index (κ3) is 3.27. The van der Waals surface area contributed by atoms with Crippen LogP contribution in [0.5, 0.6) is 11.5 Å². The normalized spacial score (nSPS) is 9.72. The third-order valence-corrected chi connectivity index (χ3v) is 2.38. The molecule has 0 heterocycles. The SMILES string of the molecule is CNC(=O)COc1c(Cl)cc(C(=O)O)cc1OC. The maximum Gasteiger partial charge on any atom is 0.335 e. The molecule has 1 aromatic rings. The van der Waals surface area contributed by atoms with Crippen molar-refractivity contribution in [3.8, 4) is 11.5 Å². The molecule has 6 nitrogen and oxygen atoms in total. The summed E-state index contributed by atoms with van der Waals surface area (Å²) in [6, 6.07) is 2.50. The van der Waals surface area contributed by atoms with Gasteiger partial charge in [0.05, 0.1) is 17.7 Å². The number of carbonyl (C=O) groups is 2. The van der Waals surface area contributed by atoms with Gasteiger partial charge in [0.2, 0.25) is 0 Å². The van der Waals surface area contributed by atoms with Gasteiger partial charge in [-0.2, -0.15) is 0 Å². The van der Waals surface area contributed by atoms with Crippen LogP contribution in [0.4, 0.5) is 0 Å². The topological polar surface area (TPSA) is 84.9 Å². The first-order valence-corrected chi connectivity index (χ1v) is 5.31. The number of carbonyl (C=O) groups excluding carboxylic acids is 1. The number of rotatable bonds is 5. The Morgan fingerprint density at radius 3 is 2.61 bits per heavy atom. The van der Waals surface area contributed by atoms with Crippen molar-refractivity contribution in [3.05, 3.63) is 22.7 Å². The molecule has 1 aromatic carbocycles. The number of aromatic carboxylic acids is 1. The van der Waals surface area contributed by atoms with E-state index in [0.29, 0.717) is 0 Å². The van der Waals surface area contributed by atoms with Gasteiger partial charge in [-0.05, 0) is 12.1 Å². The van der Waals surface area contributed by atoms with E-state index in [1.165, 1.54) is 26.3 Å². The molecular weight excluding hydrogens is 262 g/mol. The van der Waals surface area contributed by atoms with Crippen LogP contribution in [-0.4, -0.2) is 37.7 Å². The number of benzene rings is 1. The second-order valence-corrected chi connectivity index (χ2v) is 3.66. The number of carboxylic acid groups (broad SMARTS) is 1. The highest BCUT2D eigenvalue weighted by Gasteiger charge is 2.16. The highest BCUT2D eigenvalue weighted by Crippen LogP contribution is 2.36. The van der Waals surface area contributed by atoms with E-state index in [-0.39, 0.29) is 34.6 Å². The van der Waals surface area contributed by atoms with Crippen LogP contribution in [0.2, 0.25) is 5.02 Å². The van der Waals surface area contributed by atoms with Crippen molar-refractivity contribution in [2.24, 2.45) is 0 Å². The number of hydrogen-bond donors (Lipinski definition) is 2. The molecule has 18 heavy (non-hydrogen) atoms.